The molecular formula is C15H17ClF3NO2. The number of hydrogen-bond donors (Lipinski definition) is 1. The third-order valence-corrected chi connectivity index (χ3v) is 2.54. The van der Waals surface area contributed by atoms with Gasteiger partial charge < -0.3 is 10.1 Å². The number of nitrogens with one attached hydrogen (secondary N) is 1. The Balaban J connectivity index is 2.64. The van der Waals surface area contributed by atoms with Gasteiger partial charge in [0.25, 0.3) is 0 Å². The second kappa shape index (κ2) is 7.05. The summed E-state index contributed by atoms with van der Waals surface area (Å²) in [4.78, 5) is 11.4. The summed E-state index contributed by atoms with van der Waals surface area (Å²) in [5.74, 6) is 0. The smallest absolute Gasteiger partial charge is 0.416 e. The average molecular weight is 336 g/mol. The number of rotatable bonds is 3. The summed E-state index contributed by atoms with van der Waals surface area (Å²) in [6, 6.07) is 3.24. The molecule has 1 N–H and O–H groups in total. The summed E-state index contributed by atoms with van der Waals surface area (Å²) in [5, 5.41) is 2.46. The van der Waals surface area contributed by atoms with Gasteiger partial charge in [0.15, 0.2) is 0 Å². The number of halogens is 4. The number of alkyl carbamates (subject to hydrolysis) is 1. The SMILES string of the molecule is CC(C)(C)OC(=O)NCC=Cc1cc(Cl)cc(C(F)(F)F)c1. The van der Waals surface area contributed by atoms with Crippen LogP contribution in [0.4, 0.5) is 18.0 Å². The molecule has 22 heavy (non-hydrogen) atoms. The summed E-state index contributed by atoms with van der Waals surface area (Å²) in [6.45, 7) is 5.32. The highest BCUT2D eigenvalue weighted by atomic mass is 35.5. The van der Waals surface area contributed by atoms with Crippen LogP contribution in [0.15, 0.2) is 24.3 Å². The van der Waals surface area contributed by atoms with Crippen molar-refractivity contribution in [2.24, 2.45) is 0 Å². The lowest BCUT2D eigenvalue weighted by Crippen LogP contribution is -2.32. The van der Waals surface area contributed by atoms with E-state index >= 15 is 0 Å². The minimum atomic E-state index is -4.46. The van der Waals surface area contributed by atoms with Crippen LogP contribution in [-0.4, -0.2) is 18.2 Å². The van der Waals surface area contributed by atoms with Gasteiger partial charge in [0.1, 0.15) is 5.60 Å². The van der Waals surface area contributed by atoms with Gasteiger partial charge in [-0.2, -0.15) is 13.2 Å². The Labute approximate surface area is 132 Å². The van der Waals surface area contributed by atoms with Crippen molar-refractivity contribution in [3.63, 3.8) is 0 Å². The highest BCUT2D eigenvalue weighted by molar-refractivity contribution is 6.30. The van der Waals surface area contributed by atoms with E-state index in [1.54, 1.807) is 20.8 Å². The molecule has 0 aromatic heterocycles. The minimum absolute atomic E-state index is 0.00502. The Kier molecular flexibility index (Phi) is 5.88. The summed E-state index contributed by atoms with van der Waals surface area (Å²) in [6.07, 6.45) is -2.10. The predicted molar refractivity (Wildman–Crippen MR) is 79.7 cm³/mol. The Morgan fingerprint density at radius 2 is 1.91 bits per heavy atom. The van der Waals surface area contributed by atoms with Crippen LogP contribution in [0.2, 0.25) is 5.02 Å². The molecule has 1 aromatic carbocycles. The van der Waals surface area contributed by atoms with E-state index in [9.17, 15) is 18.0 Å². The predicted octanol–water partition coefficient (Wildman–Crippen LogP) is 4.90. The Morgan fingerprint density at radius 1 is 1.27 bits per heavy atom. The number of carbonyl (C=O) groups is 1. The molecule has 122 valence electrons. The molecule has 0 aliphatic carbocycles. The maximum atomic E-state index is 12.6. The highest BCUT2D eigenvalue weighted by Gasteiger charge is 2.30. The van der Waals surface area contributed by atoms with Crippen molar-refractivity contribution in [3.05, 3.63) is 40.4 Å². The normalized spacial score (nSPS) is 12.5. The van der Waals surface area contributed by atoms with Crippen molar-refractivity contribution >= 4 is 23.8 Å². The molecule has 0 spiro atoms. The molecule has 0 heterocycles. The fourth-order valence-corrected chi connectivity index (χ4v) is 1.77. The standard InChI is InChI=1S/C15H17ClF3NO2/c1-14(2,3)22-13(21)20-6-4-5-10-7-11(15(17,18)19)9-12(16)8-10/h4-5,7-9H,6H2,1-3H3,(H,20,21). The van der Waals surface area contributed by atoms with E-state index in [4.69, 9.17) is 16.3 Å². The summed E-state index contributed by atoms with van der Waals surface area (Å²) < 4.78 is 42.9. The first-order chi connectivity index (χ1) is 9.97. The number of hydrogen-bond acceptors (Lipinski definition) is 2. The molecule has 0 unspecified atom stereocenters. The van der Waals surface area contributed by atoms with Crippen LogP contribution < -0.4 is 5.32 Å². The van der Waals surface area contributed by atoms with E-state index in [0.29, 0.717) is 5.56 Å². The molecule has 0 aliphatic rings. The van der Waals surface area contributed by atoms with Crippen molar-refractivity contribution in [3.8, 4) is 0 Å². The van der Waals surface area contributed by atoms with E-state index in [2.05, 4.69) is 5.32 Å². The van der Waals surface area contributed by atoms with Crippen LogP contribution in [0.1, 0.15) is 31.9 Å². The Morgan fingerprint density at radius 3 is 2.45 bits per heavy atom. The topological polar surface area (TPSA) is 38.3 Å². The number of benzene rings is 1. The molecule has 0 fully saturated rings. The van der Waals surface area contributed by atoms with Gasteiger partial charge in [-0.3, -0.25) is 0 Å². The quantitative estimate of drug-likeness (QED) is 0.853. The van der Waals surface area contributed by atoms with Gasteiger partial charge in [0, 0.05) is 11.6 Å². The molecule has 0 aliphatic heterocycles. The van der Waals surface area contributed by atoms with Gasteiger partial charge in [-0.25, -0.2) is 4.79 Å². The number of carbonyl (C=O) groups excluding carboxylic acids is 1. The van der Waals surface area contributed by atoms with E-state index in [-0.39, 0.29) is 11.6 Å². The third-order valence-electron chi connectivity index (χ3n) is 2.32. The number of ether oxygens (including phenoxy) is 1. The lowest BCUT2D eigenvalue weighted by molar-refractivity contribution is -0.137. The van der Waals surface area contributed by atoms with E-state index < -0.39 is 23.4 Å². The molecule has 0 atom stereocenters. The van der Waals surface area contributed by atoms with Gasteiger partial charge in [-0.15, -0.1) is 0 Å². The molecule has 1 aromatic rings. The lowest BCUT2D eigenvalue weighted by Gasteiger charge is -2.19. The first-order valence-corrected chi connectivity index (χ1v) is 6.86. The van der Waals surface area contributed by atoms with Gasteiger partial charge in [0.05, 0.1) is 5.56 Å². The van der Waals surface area contributed by atoms with Gasteiger partial charge in [-0.1, -0.05) is 23.8 Å². The maximum Gasteiger partial charge on any atom is 0.416 e. The first kappa shape index (κ1) is 18.4. The van der Waals surface area contributed by atoms with Crippen molar-refractivity contribution in [2.45, 2.75) is 32.5 Å². The van der Waals surface area contributed by atoms with Crippen LogP contribution in [-0.2, 0) is 10.9 Å². The lowest BCUT2D eigenvalue weighted by atomic mass is 10.1. The van der Waals surface area contributed by atoms with Crippen LogP contribution in [0, 0.1) is 0 Å². The van der Waals surface area contributed by atoms with Crippen LogP contribution in [0.25, 0.3) is 6.08 Å². The van der Waals surface area contributed by atoms with Gasteiger partial charge >= 0.3 is 12.3 Å². The molecule has 0 bridgehead atoms. The van der Waals surface area contributed by atoms with Crippen molar-refractivity contribution in [2.75, 3.05) is 6.54 Å². The van der Waals surface area contributed by atoms with Crippen LogP contribution in [0.5, 0.6) is 0 Å². The molecule has 1 amide bonds. The Bertz CT molecular complexity index is 563. The summed E-state index contributed by atoms with van der Waals surface area (Å²) >= 11 is 5.67. The third kappa shape index (κ3) is 6.85. The number of amides is 1. The van der Waals surface area contributed by atoms with Gasteiger partial charge in [-0.05, 0) is 44.5 Å². The fraction of sp³-hybridized carbons (Fsp3) is 0.400. The monoisotopic (exact) mass is 335 g/mol. The molecule has 0 radical (unpaired) electrons. The van der Waals surface area contributed by atoms with E-state index in [0.717, 1.165) is 12.1 Å². The largest absolute Gasteiger partial charge is 0.444 e. The Hall–Kier alpha value is -1.69. The molecular weight excluding hydrogens is 319 g/mol. The zero-order valence-corrected chi connectivity index (χ0v) is 13.2. The van der Waals surface area contributed by atoms with E-state index in [1.807, 2.05) is 0 Å². The molecule has 0 saturated carbocycles. The van der Waals surface area contributed by atoms with Crippen molar-refractivity contribution < 1.29 is 22.7 Å². The maximum absolute atomic E-state index is 12.6. The first-order valence-electron chi connectivity index (χ1n) is 6.48. The van der Waals surface area contributed by atoms with Gasteiger partial charge in [0.2, 0.25) is 0 Å². The van der Waals surface area contributed by atoms with E-state index in [1.165, 1.54) is 18.2 Å². The van der Waals surface area contributed by atoms with Crippen LogP contribution >= 0.6 is 11.6 Å². The zero-order valence-electron chi connectivity index (χ0n) is 12.4. The second-order valence-corrected chi connectivity index (χ2v) is 5.99. The second-order valence-electron chi connectivity index (χ2n) is 5.56. The summed E-state index contributed by atoms with van der Waals surface area (Å²) in [5.41, 5.74) is -1.13. The zero-order chi connectivity index (χ0) is 17.0. The molecule has 1 rings (SSSR count). The van der Waals surface area contributed by atoms with Crippen molar-refractivity contribution in [1.29, 1.82) is 0 Å². The molecule has 3 nitrogen and oxygen atoms in total. The summed E-state index contributed by atoms with van der Waals surface area (Å²) in [7, 11) is 0. The fourth-order valence-electron chi connectivity index (χ4n) is 1.52. The average Bonchev–Trinajstić information content (AvgIpc) is 2.30. The molecule has 0 saturated heterocycles. The highest BCUT2D eigenvalue weighted by Crippen LogP contribution is 2.32. The van der Waals surface area contributed by atoms with Crippen LogP contribution in [0.3, 0.4) is 0 Å². The number of alkyl halides is 3. The molecule has 7 heteroatoms. The minimum Gasteiger partial charge on any atom is -0.444 e. The van der Waals surface area contributed by atoms with Crippen molar-refractivity contribution in [1.82, 2.24) is 5.32 Å².